The Morgan fingerprint density at radius 2 is 2.15 bits per heavy atom. The number of aromatic nitrogens is 5. The van der Waals surface area contributed by atoms with E-state index >= 15 is 0 Å². The van der Waals surface area contributed by atoms with Gasteiger partial charge < -0.3 is 5.73 Å². The predicted octanol–water partition coefficient (Wildman–Crippen LogP) is 1.21. The Morgan fingerprint density at radius 1 is 1.35 bits per heavy atom. The molecule has 0 saturated heterocycles. The van der Waals surface area contributed by atoms with Crippen LogP contribution in [0.15, 0.2) is 34.6 Å². The summed E-state index contributed by atoms with van der Waals surface area (Å²) in [5.74, 6) is 0.00641. The summed E-state index contributed by atoms with van der Waals surface area (Å²) in [6.45, 7) is 1.84. The number of rotatable bonds is 3. The molecular formula is C12H13N7S. The second kappa shape index (κ2) is 4.64. The van der Waals surface area contributed by atoms with Crippen molar-refractivity contribution >= 4 is 23.2 Å². The van der Waals surface area contributed by atoms with Crippen LogP contribution < -0.4 is 5.73 Å². The summed E-state index contributed by atoms with van der Waals surface area (Å²) in [5, 5.41) is 21.8. The van der Waals surface area contributed by atoms with Gasteiger partial charge in [-0.25, -0.2) is 0 Å². The first-order chi connectivity index (χ1) is 9.58. The maximum Gasteiger partial charge on any atom is 0.201 e. The summed E-state index contributed by atoms with van der Waals surface area (Å²) in [4.78, 5) is 0. The van der Waals surface area contributed by atoms with Gasteiger partial charge in [0.05, 0.1) is 11.3 Å². The van der Waals surface area contributed by atoms with Crippen molar-refractivity contribution in [2.24, 2.45) is 12.8 Å². The average Bonchev–Trinajstić information content (AvgIpc) is 2.92. The van der Waals surface area contributed by atoms with Gasteiger partial charge in [0.2, 0.25) is 5.16 Å². The zero-order valence-electron chi connectivity index (χ0n) is 11.0. The van der Waals surface area contributed by atoms with Gasteiger partial charge in [0.1, 0.15) is 10.9 Å². The van der Waals surface area contributed by atoms with Crippen molar-refractivity contribution in [3.8, 4) is 0 Å². The summed E-state index contributed by atoms with van der Waals surface area (Å²) in [6.07, 6.45) is 1.90. The molecule has 0 aliphatic rings. The van der Waals surface area contributed by atoms with Gasteiger partial charge in [-0.15, -0.1) is 10.2 Å². The molecule has 0 aliphatic carbocycles. The van der Waals surface area contributed by atoms with E-state index in [9.17, 15) is 0 Å². The molecule has 0 atom stereocenters. The zero-order valence-corrected chi connectivity index (χ0v) is 11.8. The highest BCUT2D eigenvalue weighted by atomic mass is 32.2. The van der Waals surface area contributed by atoms with Gasteiger partial charge >= 0.3 is 0 Å². The van der Waals surface area contributed by atoms with Crippen molar-refractivity contribution in [2.75, 3.05) is 0 Å². The minimum absolute atomic E-state index is 0.00641. The first kappa shape index (κ1) is 12.7. The van der Waals surface area contributed by atoms with Gasteiger partial charge in [-0.3, -0.25) is 14.5 Å². The molecule has 20 heavy (non-hydrogen) atoms. The normalized spacial score (nSPS) is 11.1. The second-order valence-corrected chi connectivity index (χ2v) is 5.27. The molecule has 8 heteroatoms. The maximum atomic E-state index is 7.69. The largest absolute Gasteiger partial charge is 0.384 e. The van der Waals surface area contributed by atoms with Crippen LogP contribution >= 0.6 is 11.8 Å². The third kappa shape index (κ3) is 1.94. The van der Waals surface area contributed by atoms with Crippen LogP contribution in [0.3, 0.4) is 0 Å². The summed E-state index contributed by atoms with van der Waals surface area (Å²) >= 11 is 1.40. The molecular weight excluding hydrogens is 274 g/mol. The number of nitrogen functional groups attached to an aromatic ring is 1. The van der Waals surface area contributed by atoms with Crippen LogP contribution in [0.5, 0.6) is 0 Å². The van der Waals surface area contributed by atoms with Crippen molar-refractivity contribution in [1.29, 1.82) is 5.41 Å². The molecule has 3 aromatic rings. The lowest BCUT2D eigenvalue weighted by molar-refractivity contribution is 0.690. The van der Waals surface area contributed by atoms with Crippen molar-refractivity contribution in [2.45, 2.75) is 17.1 Å². The quantitative estimate of drug-likeness (QED) is 0.557. The number of hydrogen-bond acceptors (Lipinski definition) is 5. The lowest BCUT2D eigenvalue weighted by Gasteiger charge is -2.03. The molecule has 0 unspecified atom stereocenters. The van der Waals surface area contributed by atoms with E-state index in [0.29, 0.717) is 10.7 Å². The Morgan fingerprint density at radius 3 is 2.90 bits per heavy atom. The number of nitrogens with one attached hydrogen (secondary N) is 1. The molecule has 7 nitrogen and oxygen atoms in total. The number of nitrogens with zero attached hydrogens (tertiary/aromatic N) is 5. The number of hydrogen-bond donors (Lipinski definition) is 2. The molecule has 3 heterocycles. The minimum atomic E-state index is 0.00641. The van der Waals surface area contributed by atoms with E-state index in [4.69, 9.17) is 11.1 Å². The molecule has 0 saturated carbocycles. The number of amidine groups is 1. The van der Waals surface area contributed by atoms with Gasteiger partial charge in [-0.2, -0.15) is 5.10 Å². The SMILES string of the molecule is Cc1nn(C)c(Sc2nnc3ccccn23)c1C(=N)N. The van der Waals surface area contributed by atoms with Crippen LogP contribution in [0, 0.1) is 12.3 Å². The third-order valence-electron chi connectivity index (χ3n) is 2.91. The number of pyridine rings is 1. The van der Waals surface area contributed by atoms with Gasteiger partial charge in [-0.05, 0) is 30.8 Å². The predicted molar refractivity (Wildman–Crippen MR) is 76.1 cm³/mol. The fourth-order valence-electron chi connectivity index (χ4n) is 2.04. The monoisotopic (exact) mass is 287 g/mol. The van der Waals surface area contributed by atoms with E-state index in [0.717, 1.165) is 16.4 Å². The molecule has 3 rings (SSSR count). The summed E-state index contributed by atoms with van der Waals surface area (Å²) in [5.41, 5.74) is 7.80. The van der Waals surface area contributed by atoms with Crippen LogP contribution in [0.2, 0.25) is 0 Å². The molecule has 0 bridgehead atoms. The van der Waals surface area contributed by atoms with E-state index in [-0.39, 0.29) is 5.84 Å². The maximum absolute atomic E-state index is 7.69. The second-order valence-electron chi connectivity index (χ2n) is 4.32. The topological polar surface area (TPSA) is 97.9 Å². The van der Waals surface area contributed by atoms with Gasteiger partial charge in [0.25, 0.3) is 0 Å². The van der Waals surface area contributed by atoms with Crippen molar-refractivity contribution in [3.05, 3.63) is 35.7 Å². The highest BCUT2D eigenvalue weighted by molar-refractivity contribution is 7.99. The van der Waals surface area contributed by atoms with Crippen LogP contribution in [-0.4, -0.2) is 30.2 Å². The van der Waals surface area contributed by atoms with Gasteiger partial charge in [0, 0.05) is 13.2 Å². The fraction of sp³-hybridized carbons (Fsp3) is 0.167. The van der Waals surface area contributed by atoms with Crippen LogP contribution in [0.25, 0.3) is 5.65 Å². The smallest absolute Gasteiger partial charge is 0.201 e. The van der Waals surface area contributed by atoms with E-state index in [2.05, 4.69) is 15.3 Å². The lowest BCUT2D eigenvalue weighted by atomic mass is 10.2. The number of fused-ring (bicyclic) bond motifs is 1. The Kier molecular flexibility index (Phi) is 2.94. The van der Waals surface area contributed by atoms with Crippen molar-refractivity contribution in [3.63, 3.8) is 0 Å². The Labute approximate surface area is 119 Å². The Balaban J connectivity index is 2.10. The number of aryl methyl sites for hydroxylation is 2. The summed E-state index contributed by atoms with van der Waals surface area (Å²) in [7, 11) is 1.82. The molecule has 0 aliphatic heterocycles. The Bertz CT molecular complexity index is 801. The van der Waals surface area contributed by atoms with Crippen LogP contribution in [0.1, 0.15) is 11.3 Å². The van der Waals surface area contributed by atoms with E-state index < -0.39 is 0 Å². The molecule has 0 amide bonds. The number of nitrogens with two attached hydrogens (primary N) is 1. The molecule has 0 radical (unpaired) electrons. The zero-order chi connectivity index (χ0) is 14.3. The van der Waals surface area contributed by atoms with Gasteiger partial charge in [0.15, 0.2) is 5.65 Å². The molecule has 0 aromatic carbocycles. The average molecular weight is 287 g/mol. The van der Waals surface area contributed by atoms with E-state index in [1.54, 1.807) is 4.68 Å². The van der Waals surface area contributed by atoms with Crippen molar-refractivity contribution < 1.29 is 0 Å². The van der Waals surface area contributed by atoms with Gasteiger partial charge in [-0.1, -0.05) is 6.07 Å². The third-order valence-corrected chi connectivity index (χ3v) is 4.03. The standard InChI is InChI=1S/C12H13N7S/c1-7-9(10(13)14)11(18(2)17-7)20-12-16-15-8-5-3-4-6-19(8)12/h3-6H,1-2H3,(H3,13,14). The highest BCUT2D eigenvalue weighted by Crippen LogP contribution is 2.30. The molecule has 3 aromatic heterocycles. The lowest BCUT2D eigenvalue weighted by Crippen LogP contribution is -2.13. The first-order valence-corrected chi connectivity index (χ1v) is 6.75. The molecule has 3 N–H and O–H groups in total. The van der Waals surface area contributed by atoms with E-state index in [1.165, 1.54) is 11.8 Å². The molecule has 0 fully saturated rings. The summed E-state index contributed by atoms with van der Waals surface area (Å²) in [6, 6.07) is 5.71. The Hall–Kier alpha value is -2.35. The molecule has 102 valence electrons. The van der Waals surface area contributed by atoms with Crippen molar-refractivity contribution in [1.82, 2.24) is 24.4 Å². The minimum Gasteiger partial charge on any atom is -0.384 e. The van der Waals surface area contributed by atoms with Crippen LogP contribution in [0.4, 0.5) is 0 Å². The van der Waals surface area contributed by atoms with Crippen LogP contribution in [-0.2, 0) is 7.05 Å². The molecule has 0 spiro atoms. The fourth-order valence-corrected chi connectivity index (χ4v) is 3.08. The summed E-state index contributed by atoms with van der Waals surface area (Å²) < 4.78 is 3.59. The van der Waals surface area contributed by atoms with E-state index in [1.807, 2.05) is 42.8 Å². The first-order valence-electron chi connectivity index (χ1n) is 5.93. The highest BCUT2D eigenvalue weighted by Gasteiger charge is 2.19.